The molecule has 2 saturated heterocycles. The number of anilines is 1. The first-order chi connectivity index (χ1) is 19.8. The van der Waals surface area contributed by atoms with E-state index in [1.807, 2.05) is 6.07 Å². The number of carbonyl (C=O) groups is 3. The predicted molar refractivity (Wildman–Crippen MR) is 154 cm³/mol. The van der Waals surface area contributed by atoms with Gasteiger partial charge in [-0.3, -0.25) is 19.1 Å². The molecule has 3 amide bonds. The van der Waals surface area contributed by atoms with Crippen LogP contribution >= 0.6 is 27.7 Å². The number of pyridine rings is 2. The predicted octanol–water partition coefficient (Wildman–Crippen LogP) is 2.64. The SMILES string of the molecule is N#Cc1ccc(C#Cc2ccc3c(c2)c(C(N)=O)nn3CC(=O)N2[C@@H]3S[C@@H]3C[C@H]2C(=O)Nc2cccc(Br)n2)nc1. The van der Waals surface area contributed by atoms with Gasteiger partial charge in [-0.1, -0.05) is 12.0 Å². The Morgan fingerprint density at radius 1 is 1.15 bits per heavy atom. The van der Waals surface area contributed by atoms with E-state index in [4.69, 9.17) is 11.0 Å². The average molecular weight is 627 g/mol. The van der Waals surface area contributed by atoms with Gasteiger partial charge in [-0.2, -0.15) is 10.4 Å². The van der Waals surface area contributed by atoms with Gasteiger partial charge in [0.15, 0.2) is 5.69 Å². The molecule has 2 aliphatic rings. The number of nitrogens with two attached hydrogens (primary N) is 1. The third kappa shape index (κ3) is 5.37. The number of aromatic nitrogens is 4. The molecule has 0 bridgehead atoms. The van der Waals surface area contributed by atoms with E-state index >= 15 is 0 Å². The fraction of sp³-hybridized carbons (Fsp3) is 0.179. The molecule has 3 atom stereocenters. The summed E-state index contributed by atoms with van der Waals surface area (Å²) in [5.41, 5.74) is 7.67. The van der Waals surface area contributed by atoms with Crippen molar-refractivity contribution in [1.82, 2.24) is 24.6 Å². The molecule has 41 heavy (non-hydrogen) atoms. The number of halogens is 1. The summed E-state index contributed by atoms with van der Waals surface area (Å²) >= 11 is 4.93. The van der Waals surface area contributed by atoms with Gasteiger partial charge in [0.25, 0.3) is 5.91 Å². The number of nitrogens with zero attached hydrogens (tertiary/aromatic N) is 6. The molecular weight excluding hydrogens is 608 g/mol. The molecule has 0 spiro atoms. The lowest BCUT2D eigenvalue weighted by Crippen LogP contribution is -2.46. The molecule has 0 radical (unpaired) electrons. The standard InChI is InChI=1S/C28H19BrN8O3S/c29-22-2-1-3-23(33-22)34-27(40)20-11-21-28(41-21)37(20)24(38)14-36-19-9-6-15(10-18(19)25(35-36)26(31)39)4-7-17-8-5-16(12-30)13-32-17/h1-3,5-6,8-10,13,20-21,28H,11,14H2,(H2,31,39)(H,33,34,40)/t20-,21+,28+/m0/s1. The highest BCUT2D eigenvalue weighted by molar-refractivity contribution is 9.10. The second kappa shape index (κ2) is 10.7. The fourth-order valence-corrected chi connectivity index (χ4v) is 6.28. The molecule has 3 aromatic heterocycles. The van der Waals surface area contributed by atoms with E-state index in [1.165, 1.54) is 10.9 Å². The molecule has 2 fully saturated rings. The Morgan fingerprint density at radius 2 is 1.98 bits per heavy atom. The summed E-state index contributed by atoms with van der Waals surface area (Å²) in [5, 5.41) is 16.6. The third-order valence-electron chi connectivity index (χ3n) is 6.67. The molecule has 6 rings (SSSR count). The lowest BCUT2D eigenvalue weighted by molar-refractivity contribution is -0.137. The minimum Gasteiger partial charge on any atom is -0.364 e. The van der Waals surface area contributed by atoms with Crippen molar-refractivity contribution >= 4 is 62.1 Å². The number of carbonyl (C=O) groups excluding carboxylic acids is 3. The Morgan fingerprint density at radius 3 is 2.71 bits per heavy atom. The van der Waals surface area contributed by atoms with E-state index in [2.05, 4.69) is 48.2 Å². The molecule has 13 heteroatoms. The van der Waals surface area contributed by atoms with Crippen LogP contribution in [0.5, 0.6) is 0 Å². The minimum atomic E-state index is -0.738. The zero-order chi connectivity index (χ0) is 28.7. The molecule has 0 aliphatic carbocycles. The maximum absolute atomic E-state index is 13.6. The Kier molecular flexibility index (Phi) is 6.91. The van der Waals surface area contributed by atoms with Gasteiger partial charge < -0.3 is 16.0 Å². The number of hydrogen-bond donors (Lipinski definition) is 2. The maximum atomic E-state index is 13.6. The van der Waals surface area contributed by atoms with Crippen LogP contribution in [0.1, 0.15) is 33.7 Å². The van der Waals surface area contributed by atoms with Crippen LogP contribution in [0.3, 0.4) is 0 Å². The van der Waals surface area contributed by atoms with Gasteiger partial charge >= 0.3 is 0 Å². The Bertz CT molecular complexity index is 1840. The molecule has 4 aromatic rings. The maximum Gasteiger partial charge on any atom is 0.269 e. The summed E-state index contributed by atoms with van der Waals surface area (Å²) in [6.07, 6.45) is 1.98. The van der Waals surface area contributed by atoms with Gasteiger partial charge in [0, 0.05) is 22.4 Å². The van der Waals surface area contributed by atoms with Crippen molar-refractivity contribution in [2.75, 3.05) is 5.32 Å². The van der Waals surface area contributed by atoms with Crippen LogP contribution in [0.15, 0.2) is 59.3 Å². The monoisotopic (exact) mass is 626 g/mol. The molecule has 5 heterocycles. The molecule has 3 N–H and O–H groups in total. The molecule has 0 unspecified atom stereocenters. The minimum absolute atomic E-state index is 0.0167. The number of likely N-dealkylation sites (tertiary alicyclic amines) is 1. The zero-order valence-electron chi connectivity index (χ0n) is 21.1. The van der Waals surface area contributed by atoms with Gasteiger partial charge in [0.05, 0.1) is 16.5 Å². The summed E-state index contributed by atoms with van der Waals surface area (Å²) in [4.78, 5) is 48.9. The topological polar surface area (TPSA) is 160 Å². The highest BCUT2D eigenvalue weighted by Gasteiger charge is 2.57. The first-order valence-electron chi connectivity index (χ1n) is 12.4. The first-order valence-corrected chi connectivity index (χ1v) is 14.1. The van der Waals surface area contributed by atoms with Crippen LogP contribution in [-0.4, -0.2) is 59.0 Å². The highest BCUT2D eigenvalue weighted by Crippen LogP contribution is 2.53. The first kappa shape index (κ1) is 26.5. The number of nitriles is 1. The van der Waals surface area contributed by atoms with Crippen molar-refractivity contribution in [3.8, 4) is 17.9 Å². The summed E-state index contributed by atoms with van der Waals surface area (Å²) in [6, 6.07) is 15.0. The van der Waals surface area contributed by atoms with Crippen LogP contribution in [-0.2, 0) is 16.1 Å². The molecule has 1 aromatic carbocycles. The Balaban J connectivity index is 1.24. The van der Waals surface area contributed by atoms with Gasteiger partial charge in [0.1, 0.15) is 34.8 Å². The Labute approximate surface area is 246 Å². The van der Waals surface area contributed by atoms with Crippen LogP contribution in [0.4, 0.5) is 5.82 Å². The van der Waals surface area contributed by atoms with E-state index in [1.54, 1.807) is 65.2 Å². The van der Waals surface area contributed by atoms with E-state index in [-0.39, 0.29) is 34.7 Å². The number of benzene rings is 1. The van der Waals surface area contributed by atoms with Gasteiger partial charge in [-0.15, -0.1) is 11.8 Å². The average Bonchev–Trinajstić information content (AvgIpc) is 3.47. The van der Waals surface area contributed by atoms with Crippen molar-refractivity contribution in [2.24, 2.45) is 5.73 Å². The van der Waals surface area contributed by atoms with Crippen molar-refractivity contribution in [1.29, 1.82) is 5.26 Å². The highest BCUT2D eigenvalue weighted by atomic mass is 79.9. The number of rotatable bonds is 5. The fourth-order valence-electron chi connectivity index (χ4n) is 4.74. The molecule has 2 aliphatic heterocycles. The molecule has 202 valence electrons. The second-order valence-corrected chi connectivity index (χ2v) is 11.5. The van der Waals surface area contributed by atoms with E-state index < -0.39 is 11.9 Å². The van der Waals surface area contributed by atoms with Crippen LogP contribution in [0.25, 0.3) is 10.9 Å². The Hall–Kier alpha value is -4.72. The summed E-state index contributed by atoms with van der Waals surface area (Å²) < 4.78 is 2.02. The van der Waals surface area contributed by atoms with Crippen molar-refractivity contribution in [3.05, 3.63) is 81.8 Å². The number of amides is 3. The molecule has 0 saturated carbocycles. The van der Waals surface area contributed by atoms with Crippen molar-refractivity contribution < 1.29 is 14.4 Å². The van der Waals surface area contributed by atoms with Crippen molar-refractivity contribution in [2.45, 2.75) is 29.6 Å². The van der Waals surface area contributed by atoms with E-state index in [0.717, 1.165) is 0 Å². The number of hydrogen-bond acceptors (Lipinski definition) is 8. The smallest absolute Gasteiger partial charge is 0.269 e. The van der Waals surface area contributed by atoms with Crippen LogP contribution in [0.2, 0.25) is 0 Å². The summed E-state index contributed by atoms with van der Waals surface area (Å²) in [6.45, 7) is -0.174. The van der Waals surface area contributed by atoms with Gasteiger partial charge in [0.2, 0.25) is 11.8 Å². The van der Waals surface area contributed by atoms with Crippen LogP contribution in [0, 0.1) is 23.2 Å². The lowest BCUT2D eigenvalue weighted by atomic mass is 10.1. The number of primary amides is 1. The quantitative estimate of drug-likeness (QED) is 0.194. The normalized spacial score (nSPS) is 18.6. The second-order valence-electron chi connectivity index (χ2n) is 9.35. The number of fused-ring (bicyclic) bond motifs is 2. The molecule has 11 nitrogen and oxygen atoms in total. The lowest BCUT2D eigenvalue weighted by Gasteiger charge is -2.26. The number of thioether (sulfide) groups is 1. The summed E-state index contributed by atoms with van der Waals surface area (Å²) in [7, 11) is 0. The summed E-state index contributed by atoms with van der Waals surface area (Å²) in [5.74, 6) is 4.97. The zero-order valence-corrected chi connectivity index (χ0v) is 23.5. The molecular formula is C28H19BrN8O3S. The van der Waals surface area contributed by atoms with E-state index in [9.17, 15) is 14.4 Å². The largest absolute Gasteiger partial charge is 0.364 e. The van der Waals surface area contributed by atoms with Gasteiger partial charge in [-0.05, 0) is 70.7 Å². The van der Waals surface area contributed by atoms with E-state index in [0.29, 0.717) is 44.6 Å². The third-order valence-corrected chi connectivity index (χ3v) is 8.44. The number of nitrogens with one attached hydrogen (secondary N) is 1. The van der Waals surface area contributed by atoms with Crippen LogP contribution < -0.4 is 11.1 Å². The van der Waals surface area contributed by atoms with Gasteiger partial charge in [-0.25, -0.2) is 9.97 Å². The van der Waals surface area contributed by atoms with Crippen molar-refractivity contribution in [3.63, 3.8) is 0 Å².